The number of nitrogens with one attached hydrogen (secondary N) is 1. The zero-order chi connectivity index (χ0) is 13.1. The van der Waals surface area contributed by atoms with Gasteiger partial charge in [0.2, 0.25) is 10.0 Å². The molecule has 1 N–H and O–H groups in total. The van der Waals surface area contributed by atoms with Crippen LogP contribution in [0.15, 0.2) is 21.5 Å². The van der Waals surface area contributed by atoms with Gasteiger partial charge in [0, 0.05) is 16.9 Å². The lowest BCUT2D eigenvalue weighted by molar-refractivity contribution is 0.580. The summed E-state index contributed by atoms with van der Waals surface area (Å²) in [5.74, 6) is 0.287. The number of benzene rings is 1. The molecule has 3 nitrogen and oxygen atoms in total. The van der Waals surface area contributed by atoms with Gasteiger partial charge in [-0.05, 0) is 36.6 Å². The van der Waals surface area contributed by atoms with E-state index in [4.69, 9.17) is 11.6 Å². The Hall–Kier alpha value is -0.100. The molecule has 0 aliphatic rings. The fourth-order valence-electron chi connectivity index (χ4n) is 1.38. The summed E-state index contributed by atoms with van der Waals surface area (Å²) in [4.78, 5) is 0.288. The maximum Gasteiger partial charge on any atom is 0.240 e. The van der Waals surface area contributed by atoms with E-state index in [2.05, 4.69) is 20.7 Å². The number of alkyl halides is 1. The van der Waals surface area contributed by atoms with E-state index in [9.17, 15) is 8.42 Å². The molecule has 0 amide bonds. The Bertz CT molecular complexity index is 502. The van der Waals surface area contributed by atoms with Gasteiger partial charge in [-0.3, -0.25) is 0 Å². The van der Waals surface area contributed by atoms with Crippen molar-refractivity contribution >= 4 is 37.6 Å². The van der Waals surface area contributed by atoms with Crippen LogP contribution in [0.2, 0.25) is 0 Å². The Labute approximate surface area is 116 Å². The topological polar surface area (TPSA) is 46.2 Å². The molecule has 1 aromatic carbocycles. The molecule has 0 spiro atoms. The van der Waals surface area contributed by atoms with E-state index in [1.165, 1.54) is 0 Å². The summed E-state index contributed by atoms with van der Waals surface area (Å²) in [7, 11) is -3.45. The van der Waals surface area contributed by atoms with Crippen molar-refractivity contribution in [1.82, 2.24) is 4.72 Å². The Kier molecular flexibility index (Phi) is 5.44. The van der Waals surface area contributed by atoms with Gasteiger partial charge in [-0.15, -0.1) is 11.6 Å². The lowest BCUT2D eigenvalue weighted by Crippen LogP contribution is -2.25. The molecule has 0 aliphatic carbocycles. The highest BCUT2D eigenvalue weighted by Crippen LogP contribution is 2.26. The molecule has 0 unspecified atom stereocenters. The summed E-state index contributed by atoms with van der Waals surface area (Å²) in [5, 5.41) is 0. The third-order valence-electron chi connectivity index (χ3n) is 2.34. The fraction of sp³-hybridized carbons (Fsp3) is 0.455. The van der Waals surface area contributed by atoms with Crippen LogP contribution in [-0.4, -0.2) is 15.0 Å². The quantitative estimate of drug-likeness (QED) is 0.837. The first-order chi connectivity index (χ1) is 7.92. The van der Waals surface area contributed by atoms with Crippen molar-refractivity contribution in [1.29, 1.82) is 0 Å². The normalized spacial score (nSPS) is 11.8. The predicted octanol–water partition coefficient (Wildman–Crippen LogP) is 3.18. The van der Waals surface area contributed by atoms with Gasteiger partial charge in [0.15, 0.2) is 0 Å². The summed E-state index contributed by atoms with van der Waals surface area (Å²) in [6, 6.07) is 3.45. The molecule has 6 heteroatoms. The molecule has 17 heavy (non-hydrogen) atoms. The maximum atomic E-state index is 12.1. The van der Waals surface area contributed by atoms with Gasteiger partial charge in [-0.1, -0.05) is 22.9 Å². The van der Waals surface area contributed by atoms with Crippen molar-refractivity contribution in [2.24, 2.45) is 0 Å². The molecule has 0 atom stereocenters. The Morgan fingerprint density at radius 2 is 2.06 bits per heavy atom. The average molecular weight is 341 g/mol. The van der Waals surface area contributed by atoms with Crippen LogP contribution < -0.4 is 4.72 Å². The molecule has 96 valence electrons. The molecule has 1 rings (SSSR count). The number of sulfonamides is 1. The van der Waals surface area contributed by atoms with Crippen LogP contribution >= 0.6 is 27.5 Å². The van der Waals surface area contributed by atoms with E-state index in [-0.39, 0.29) is 10.8 Å². The van der Waals surface area contributed by atoms with Crippen molar-refractivity contribution in [3.63, 3.8) is 0 Å². The van der Waals surface area contributed by atoms with Crippen molar-refractivity contribution in [2.45, 2.75) is 31.0 Å². The summed E-state index contributed by atoms with van der Waals surface area (Å²) >= 11 is 9.09. The van der Waals surface area contributed by atoms with Crippen molar-refractivity contribution in [2.75, 3.05) is 6.54 Å². The summed E-state index contributed by atoms with van der Waals surface area (Å²) < 4.78 is 27.4. The molecule has 0 saturated carbocycles. The molecule has 0 saturated heterocycles. The van der Waals surface area contributed by atoms with E-state index < -0.39 is 10.0 Å². The van der Waals surface area contributed by atoms with Gasteiger partial charge in [0.05, 0.1) is 4.90 Å². The third kappa shape index (κ3) is 3.68. The van der Waals surface area contributed by atoms with Crippen LogP contribution in [0.4, 0.5) is 0 Å². The van der Waals surface area contributed by atoms with E-state index in [0.717, 1.165) is 16.5 Å². The van der Waals surface area contributed by atoms with Crippen LogP contribution in [0.3, 0.4) is 0 Å². The first-order valence-electron chi connectivity index (χ1n) is 5.27. The van der Waals surface area contributed by atoms with Crippen molar-refractivity contribution < 1.29 is 8.42 Å². The van der Waals surface area contributed by atoms with Gasteiger partial charge in [-0.25, -0.2) is 13.1 Å². The zero-order valence-corrected chi connectivity index (χ0v) is 12.9. The van der Waals surface area contributed by atoms with Crippen molar-refractivity contribution in [3.05, 3.63) is 27.7 Å². The molecular formula is C11H15BrClNO2S. The monoisotopic (exact) mass is 339 g/mol. The van der Waals surface area contributed by atoms with Crippen LogP contribution in [0.1, 0.15) is 24.5 Å². The molecule has 0 fully saturated rings. The fourth-order valence-corrected chi connectivity index (χ4v) is 3.62. The van der Waals surface area contributed by atoms with Gasteiger partial charge < -0.3 is 0 Å². The molecule has 0 aromatic heterocycles. The average Bonchev–Trinajstić information content (AvgIpc) is 2.29. The van der Waals surface area contributed by atoms with Crippen molar-refractivity contribution in [3.8, 4) is 0 Å². The SMILES string of the molecule is CCCNS(=O)(=O)c1cc(CCl)cc(Br)c1C. The number of rotatable bonds is 5. The molecule has 0 bridgehead atoms. The Balaban J connectivity index is 3.25. The van der Waals surface area contributed by atoms with Gasteiger partial charge in [0.25, 0.3) is 0 Å². The molecule has 0 aliphatic heterocycles. The minimum Gasteiger partial charge on any atom is -0.211 e. The Morgan fingerprint density at radius 1 is 1.41 bits per heavy atom. The molecule has 0 radical (unpaired) electrons. The number of halogens is 2. The van der Waals surface area contributed by atoms with Crippen LogP contribution in [0.5, 0.6) is 0 Å². The Morgan fingerprint density at radius 3 is 2.59 bits per heavy atom. The van der Waals surface area contributed by atoms with E-state index in [1.54, 1.807) is 13.0 Å². The number of hydrogen-bond acceptors (Lipinski definition) is 2. The highest BCUT2D eigenvalue weighted by Gasteiger charge is 2.18. The first kappa shape index (κ1) is 15.0. The minimum absolute atomic E-state index is 0.287. The number of hydrogen-bond donors (Lipinski definition) is 1. The van der Waals surface area contributed by atoms with Crippen LogP contribution in [0.25, 0.3) is 0 Å². The zero-order valence-electron chi connectivity index (χ0n) is 9.76. The summed E-state index contributed by atoms with van der Waals surface area (Å²) in [6.45, 7) is 4.12. The first-order valence-corrected chi connectivity index (χ1v) is 8.08. The highest BCUT2D eigenvalue weighted by atomic mass is 79.9. The van der Waals surface area contributed by atoms with Gasteiger partial charge in [0.1, 0.15) is 0 Å². The minimum atomic E-state index is -3.45. The van der Waals surface area contributed by atoms with E-state index in [0.29, 0.717) is 12.1 Å². The largest absolute Gasteiger partial charge is 0.240 e. The van der Waals surface area contributed by atoms with E-state index >= 15 is 0 Å². The van der Waals surface area contributed by atoms with Crippen LogP contribution in [0, 0.1) is 6.92 Å². The van der Waals surface area contributed by atoms with Gasteiger partial charge >= 0.3 is 0 Å². The van der Waals surface area contributed by atoms with E-state index in [1.807, 2.05) is 13.0 Å². The second-order valence-electron chi connectivity index (χ2n) is 3.73. The van der Waals surface area contributed by atoms with Gasteiger partial charge in [-0.2, -0.15) is 0 Å². The van der Waals surface area contributed by atoms with Crippen LogP contribution in [-0.2, 0) is 15.9 Å². The summed E-state index contributed by atoms with van der Waals surface area (Å²) in [5.41, 5.74) is 1.48. The molecule has 0 heterocycles. The standard InChI is InChI=1S/C11H15BrClNO2S/c1-3-4-14-17(15,16)11-6-9(7-13)5-10(12)8(11)2/h5-6,14H,3-4,7H2,1-2H3. The third-order valence-corrected chi connectivity index (χ3v) is 5.06. The molecular weight excluding hydrogens is 326 g/mol. The second kappa shape index (κ2) is 6.18. The predicted molar refractivity (Wildman–Crippen MR) is 73.9 cm³/mol. The second-order valence-corrected chi connectivity index (χ2v) is 6.59. The lowest BCUT2D eigenvalue weighted by atomic mass is 10.2. The summed E-state index contributed by atoms with van der Waals surface area (Å²) in [6.07, 6.45) is 0.759. The smallest absolute Gasteiger partial charge is 0.211 e. The molecule has 1 aromatic rings. The highest BCUT2D eigenvalue weighted by molar-refractivity contribution is 9.10. The maximum absolute atomic E-state index is 12.1. The lowest BCUT2D eigenvalue weighted by Gasteiger charge is -2.11.